The van der Waals surface area contributed by atoms with E-state index < -0.39 is 11.8 Å². The van der Waals surface area contributed by atoms with Crippen LogP contribution in [0.15, 0.2) is 58.8 Å². The molecule has 0 atom stereocenters. The van der Waals surface area contributed by atoms with E-state index in [4.69, 9.17) is 9.47 Å². The zero-order valence-corrected chi connectivity index (χ0v) is 26.5. The molecule has 2 fully saturated rings. The minimum Gasteiger partial charge on any atom is -0.490 e. The van der Waals surface area contributed by atoms with Crippen molar-refractivity contribution in [2.45, 2.75) is 76.4 Å². The predicted molar refractivity (Wildman–Crippen MR) is 175 cm³/mol. The highest BCUT2D eigenvalue weighted by Crippen LogP contribution is 2.25. The maximum atomic E-state index is 12.5. The molecule has 2 saturated carbocycles. The Balaban J connectivity index is 1.05. The van der Waals surface area contributed by atoms with Crippen molar-refractivity contribution >= 4 is 44.8 Å². The number of benzene rings is 2. The Labute approximate surface area is 266 Å². The van der Waals surface area contributed by atoms with Gasteiger partial charge in [0.05, 0.1) is 12.2 Å². The summed E-state index contributed by atoms with van der Waals surface area (Å²) < 4.78 is 12.0. The molecule has 0 aliphatic heterocycles. The van der Waals surface area contributed by atoms with Gasteiger partial charge in [-0.15, -0.1) is 0 Å². The van der Waals surface area contributed by atoms with Crippen molar-refractivity contribution in [2.24, 2.45) is 10.3 Å². The van der Waals surface area contributed by atoms with E-state index in [9.17, 15) is 20.0 Å². The fourth-order valence-corrected chi connectivity index (χ4v) is 7.03. The van der Waals surface area contributed by atoms with E-state index >= 15 is 0 Å². The van der Waals surface area contributed by atoms with Gasteiger partial charge in [0.2, 0.25) is 0 Å². The summed E-state index contributed by atoms with van der Waals surface area (Å²) >= 11 is 0. The van der Waals surface area contributed by atoms with E-state index in [2.05, 4.69) is 20.9 Å². The first-order chi connectivity index (χ1) is 21.5. The molecule has 0 aromatic heterocycles. The molecule has 0 bridgehead atoms. The molecule has 2 amide bonds. The van der Waals surface area contributed by atoms with Crippen LogP contribution in [0.2, 0.25) is 0 Å². The van der Waals surface area contributed by atoms with E-state index in [0.29, 0.717) is 24.6 Å². The zero-order chi connectivity index (χ0) is 31.0. The summed E-state index contributed by atoms with van der Waals surface area (Å²) in [4.78, 5) is 24.9. The molecule has 2 aromatic carbocycles. The normalized spacial score (nSPS) is 16.2. The van der Waals surface area contributed by atoms with Crippen LogP contribution >= 0.6 is 21.6 Å². The quantitative estimate of drug-likeness (QED) is 0.0592. The van der Waals surface area contributed by atoms with E-state index in [1.807, 2.05) is 48.5 Å². The SMILES string of the molecule is O=C(NCCSSCCNC(=O)C(Cc1ccc(OC2CCCC2)cc1)=NO)C(Cc1ccc(OC2CCCC2)cc1)=NO. The Hall–Kier alpha value is -3.38. The van der Waals surface area contributed by atoms with Crippen molar-refractivity contribution in [1.29, 1.82) is 0 Å². The average molecular weight is 643 g/mol. The van der Waals surface area contributed by atoms with Crippen molar-refractivity contribution in [3.8, 4) is 11.5 Å². The summed E-state index contributed by atoms with van der Waals surface area (Å²) in [6.07, 6.45) is 10.2. The van der Waals surface area contributed by atoms with E-state index in [-0.39, 0.29) is 36.5 Å². The minimum atomic E-state index is -0.413. The van der Waals surface area contributed by atoms with E-state index in [1.54, 1.807) is 21.6 Å². The van der Waals surface area contributed by atoms with Gasteiger partial charge in [-0.25, -0.2) is 0 Å². The summed E-state index contributed by atoms with van der Waals surface area (Å²) in [6.45, 7) is 0.809. The number of nitrogens with zero attached hydrogens (tertiary/aromatic N) is 2. The molecular formula is C32H42N4O6S2. The van der Waals surface area contributed by atoms with Gasteiger partial charge in [-0.05, 0) is 86.8 Å². The number of hydrogen-bond acceptors (Lipinski definition) is 10. The van der Waals surface area contributed by atoms with Crippen molar-refractivity contribution in [2.75, 3.05) is 24.6 Å². The second-order valence-corrected chi connectivity index (χ2v) is 13.6. The third kappa shape index (κ3) is 11.3. The largest absolute Gasteiger partial charge is 0.490 e. The smallest absolute Gasteiger partial charge is 0.269 e. The van der Waals surface area contributed by atoms with Crippen LogP contribution in [-0.4, -0.2) is 70.5 Å². The van der Waals surface area contributed by atoms with E-state index in [1.165, 1.54) is 25.7 Å². The second kappa shape index (κ2) is 18.4. The fourth-order valence-electron chi connectivity index (χ4n) is 5.21. The maximum Gasteiger partial charge on any atom is 0.269 e. The highest BCUT2D eigenvalue weighted by molar-refractivity contribution is 8.76. The number of carbonyl (C=O) groups is 2. The number of hydrogen-bond donors (Lipinski definition) is 4. The standard InChI is InChI=1S/C32H42N4O6S2/c37-31(29(35-39)21-23-9-13-27(14-10-23)41-25-5-1-2-6-25)33-17-19-43-44-20-18-34-32(38)30(36-40)22-24-11-15-28(16-12-24)42-26-7-3-4-8-26/h9-16,25-26,39-40H,1-8,17-22H2,(H,33,37)(H,34,38). The lowest BCUT2D eigenvalue weighted by Gasteiger charge is -2.13. The molecule has 10 nitrogen and oxygen atoms in total. The first kappa shape index (κ1) is 33.5. The van der Waals surface area contributed by atoms with Crippen LogP contribution < -0.4 is 20.1 Å². The van der Waals surface area contributed by atoms with Gasteiger partial charge < -0.3 is 30.5 Å². The summed E-state index contributed by atoms with van der Waals surface area (Å²) in [5, 5.41) is 30.7. The third-order valence-electron chi connectivity index (χ3n) is 7.59. The van der Waals surface area contributed by atoms with Crippen molar-refractivity contribution in [3.63, 3.8) is 0 Å². The van der Waals surface area contributed by atoms with Crippen LogP contribution in [0, 0.1) is 0 Å². The van der Waals surface area contributed by atoms with Gasteiger partial charge in [-0.1, -0.05) is 56.2 Å². The van der Waals surface area contributed by atoms with Crippen LogP contribution in [0.5, 0.6) is 11.5 Å². The fraction of sp³-hybridized carbons (Fsp3) is 0.500. The summed E-state index contributed by atoms with van der Waals surface area (Å²) in [6, 6.07) is 15.1. The van der Waals surface area contributed by atoms with Crippen LogP contribution in [0.4, 0.5) is 0 Å². The van der Waals surface area contributed by atoms with Crippen LogP contribution in [-0.2, 0) is 22.4 Å². The molecule has 12 heteroatoms. The molecule has 4 N–H and O–H groups in total. The molecule has 2 aromatic rings. The number of oxime groups is 2. The lowest BCUT2D eigenvalue weighted by Crippen LogP contribution is -2.34. The zero-order valence-electron chi connectivity index (χ0n) is 24.9. The average Bonchev–Trinajstić information content (AvgIpc) is 3.76. The molecule has 238 valence electrons. The number of amides is 2. The first-order valence-electron chi connectivity index (χ1n) is 15.3. The monoisotopic (exact) mass is 642 g/mol. The summed E-state index contributed by atoms with van der Waals surface area (Å²) in [5.41, 5.74) is 1.80. The predicted octanol–water partition coefficient (Wildman–Crippen LogP) is 5.39. The Morgan fingerprint density at radius 3 is 1.36 bits per heavy atom. The van der Waals surface area contributed by atoms with Gasteiger partial charge in [0, 0.05) is 37.4 Å². The van der Waals surface area contributed by atoms with E-state index in [0.717, 1.165) is 48.3 Å². The number of rotatable bonds is 17. The molecule has 2 aliphatic rings. The topological polar surface area (TPSA) is 142 Å². The van der Waals surface area contributed by atoms with Crippen molar-refractivity contribution < 1.29 is 29.5 Å². The van der Waals surface area contributed by atoms with Gasteiger partial charge in [0.1, 0.15) is 22.9 Å². The molecule has 44 heavy (non-hydrogen) atoms. The molecule has 0 spiro atoms. The summed E-state index contributed by atoms with van der Waals surface area (Å²) in [5.74, 6) is 2.08. The highest BCUT2D eigenvalue weighted by atomic mass is 33.1. The number of nitrogens with one attached hydrogen (secondary N) is 2. The third-order valence-corrected chi connectivity index (χ3v) is 10.00. The molecular weight excluding hydrogens is 601 g/mol. The Bertz CT molecular complexity index is 1150. The number of ether oxygens (including phenoxy) is 2. The van der Waals surface area contributed by atoms with Crippen molar-refractivity contribution in [3.05, 3.63) is 59.7 Å². The van der Waals surface area contributed by atoms with Gasteiger partial charge in [-0.2, -0.15) is 0 Å². The lowest BCUT2D eigenvalue weighted by molar-refractivity contribution is -0.115. The van der Waals surface area contributed by atoms with Crippen molar-refractivity contribution in [1.82, 2.24) is 10.6 Å². The molecule has 2 aliphatic carbocycles. The second-order valence-electron chi connectivity index (χ2n) is 10.9. The first-order valence-corrected chi connectivity index (χ1v) is 17.8. The van der Waals surface area contributed by atoms with Crippen LogP contribution in [0.25, 0.3) is 0 Å². The minimum absolute atomic E-state index is 0.0459. The van der Waals surface area contributed by atoms with Gasteiger partial charge in [0.15, 0.2) is 0 Å². The van der Waals surface area contributed by atoms with Crippen LogP contribution in [0.1, 0.15) is 62.5 Å². The Kier molecular flexibility index (Phi) is 14.0. The maximum absolute atomic E-state index is 12.5. The number of carbonyl (C=O) groups excluding carboxylic acids is 2. The molecule has 0 unspecified atom stereocenters. The molecule has 4 rings (SSSR count). The summed E-state index contributed by atoms with van der Waals surface area (Å²) in [7, 11) is 3.11. The van der Waals surface area contributed by atoms with Gasteiger partial charge in [-0.3, -0.25) is 9.59 Å². The van der Waals surface area contributed by atoms with Gasteiger partial charge >= 0.3 is 0 Å². The lowest BCUT2D eigenvalue weighted by atomic mass is 10.1. The molecule has 0 saturated heterocycles. The molecule has 0 heterocycles. The van der Waals surface area contributed by atoms with Crippen LogP contribution in [0.3, 0.4) is 0 Å². The Morgan fingerprint density at radius 2 is 1.02 bits per heavy atom. The Morgan fingerprint density at radius 1 is 0.659 bits per heavy atom. The van der Waals surface area contributed by atoms with Gasteiger partial charge in [0.25, 0.3) is 11.8 Å². The highest BCUT2D eigenvalue weighted by Gasteiger charge is 2.18. The molecule has 0 radical (unpaired) electrons.